The molecule has 0 saturated carbocycles. The van der Waals surface area contributed by atoms with Crippen LogP contribution in [-0.2, 0) is 12.8 Å². The van der Waals surface area contributed by atoms with Gasteiger partial charge in [0.2, 0.25) is 0 Å². The topological polar surface area (TPSA) is 9.23 Å². The third kappa shape index (κ3) is 3.43. The predicted octanol–water partition coefficient (Wildman–Crippen LogP) is 3.77. The molecule has 0 heterocycles. The SMILES string of the molecule is C=C(C)CCc1ccc(OC)c(CC)c1. The molecule has 1 heteroatoms. The number of hydrogen-bond donors (Lipinski definition) is 0. The summed E-state index contributed by atoms with van der Waals surface area (Å²) in [7, 11) is 1.72. The fourth-order valence-electron chi connectivity index (χ4n) is 1.62. The highest BCUT2D eigenvalue weighted by atomic mass is 16.5. The molecule has 0 unspecified atom stereocenters. The largest absolute Gasteiger partial charge is 0.496 e. The van der Waals surface area contributed by atoms with E-state index < -0.39 is 0 Å². The molecule has 0 atom stereocenters. The van der Waals surface area contributed by atoms with Gasteiger partial charge in [0.05, 0.1) is 7.11 Å². The second-order valence-electron chi connectivity index (χ2n) is 3.96. The molecule has 15 heavy (non-hydrogen) atoms. The Labute approximate surface area is 92.8 Å². The van der Waals surface area contributed by atoms with Crippen LogP contribution >= 0.6 is 0 Å². The first-order valence-corrected chi connectivity index (χ1v) is 5.47. The first-order valence-electron chi connectivity index (χ1n) is 5.47. The highest BCUT2D eigenvalue weighted by molar-refractivity contribution is 5.37. The standard InChI is InChI=1S/C14H20O/c1-5-13-10-12(7-6-11(2)3)8-9-14(13)15-4/h8-10H,2,5-7H2,1,3-4H3. The van der Waals surface area contributed by atoms with Gasteiger partial charge in [0, 0.05) is 0 Å². The Bertz CT molecular complexity index is 339. The molecule has 0 aromatic heterocycles. The van der Waals surface area contributed by atoms with Crippen LogP contribution in [0.3, 0.4) is 0 Å². The van der Waals surface area contributed by atoms with Crippen molar-refractivity contribution in [1.29, 1.82) is 0 Å². The van der Waals surface area contributed by atoms with E-state index in [0.717, 1.165) is 25.0 Å². The first-order chi connectivity index (χ1) is 7.17. The maximum atomic E-state index is 5.30. The molecule has 0 spiro atoms. The highest BCUT2D eigenvalue weighted by Gasteiger charge is 2.02. The Morgan fingerprint density at radius 1 is 1.40 bits per heavy atom. The number of aryl methyl sites for hydroxylation is 2. The van der Waals surface area contributed by atoms with Gasteiger partial charge in [-0.25, -0.2) is 0 Å². The third-order valence-corrected chi connectivity index (χ3v) is 2.57. The number of methoxy groups -OCH3 is 1. The molecule has 1 aromatic carbocycles. The van der Waals surface area contributed by atoms with Crippen LogP contribution in [0, 0.1) is 0 Å². The minimum Gasteiger partial charge on any atom is -0.496 e. The smallest absolute Gasteiger partial charge is 0.122 e. The zero-order valence-electron chi connectivity index (χ0n) is 9.97. The van der Waals surface area contributed by atoms with E-state index in [1.807, 2.05) is 0 Å². The van der Waals surface area contributed by atoms with Crippen molar-refractivity contribution in [2.24, 2.45) is 0 Å². The van der Waals surface area contributed by atoms with Gasteiger partial charge >= 0.3 is 0 Å². The molecule has 1 nitrogen and oxygen atoms in total. The molecule has 0 radical (unpaired) electrons. The third-order valence-electron chi connectivity index (χ3n) is 2.57. The minimum atomic E-state index is 0.997. The van der Waals surface area contributed by atoms with Crippen molar-refractivity contribution in [2.45, 2.75) is 33.1 Å². The molecule has 0 fully saturated rings. The van der Waals surface area contributed by atoms with Crippen LogP contribution in [0.15, 0.2) is 30.4 Å². The summed E-state index contributed by atoms with van der Waals surface area (Å²) in [5.41, 5.74) is 3.90. The Morgan fingerprint density at radius 2 is 2.13 bits per heavy atom. The molecule has 0 bridgehead atoms. The quantitative estimate of drug-likeness (QED) is 0.663. The zero-order chi connectivity index (χ0) is 11.3. The fourth-order valence-corrected chi connectivity index (χ4v) is 1.62. The zero-order valence-corrected chi connectivity index (χ0v) is 9.97. The number of allylic oxidation sites excluding steroid dienone is 1. The van der Waals surface area contributed by atoms with Crippen molar-refractivity contribution in [3.63, 3.8) is 0 Å². The van der Waals surface area contributed by atoms with Gasteiger partial charge in [-0.05, 0) is 43.4 Å². The molecule has 0 N–H and O–H groups in total. The van der Waals surface area contributed by atoms with Crippen LogP contribution in [0.4, 0.5) is 0 Å². The summed E-state index contributed by atoms with van der Waals surface area (Å²) >= 11 is 0. The summed E-state index contributed by atoms with van der Waals surface area (Å²) in [4.78, 5) is 0. The van der Waals surface area contributed by atoms with Gasteiger partial charge in [0.15, 0.2) is 0 Å². The Kier molecular flexibility index (Phi) is 4.41. The number of hydrogen-bond acceptors (Lipinski definition) is 1. The Hall–Kier alpha value is -1.24. The minimum absolute atomic E-state index is 0.997. The summed E-state index contributed by atoms with van der Waals surface area (Å²) in [6.45, 7) is 8.15. The van der Waals surface area contributed by atoms with Crippen molar-refractivity contribution in [3.8, 4) is 5.75 Å². The second-order valence-corrected chi connectivity index (χ2v) is 3.96. The van der Waals surface area contributed by atoms with E-state index in [2.05, 4.69) is 38.6 Å². The summed E-state index contributed by atoms with van der Waals surface area (Å²) in [5.74, 6) is 0.997. The lowest BCUT2D eigenvalue weighted by molar-refractivity contribution is 0.410. The van der Waals surface area contributed by atoms with E-state index in [1.54, 1.807) is 7.11 Å². The monoisotopic (exact) mass is 204 g/mol. The van der Waals surface area contributed by atoms with E-state index >= 15 is 0 Å². The van der Waals surface area contributed by atoms with Gasteiger partial charge in [-0.3, -0.25) is 0 Å². The Balaban J connectivity index is 2.78. The summed E-state index contributed by atoms with van der Waals surface area (Å²) in [5, 5.41) is 0. The van der Waals surface area contributed by atoms with Crippen LogP contribution in [0.5, 0.6) is 5.75 Å². The van der Waals surface area contributed by atoms with Crippen molar-refractivity contribution >= 4 is 0 Å². The highest BCUT2D eigenvalue weighted by Crippen LogP contribution is 2.21. The van der Waals surface area contributed by atoms with Crippen molar-refractivity contribution in [3.05, 3.63) is 41.5 Å². The van der Waals surface area contributed by atoms with Crippen molar-refractivity contribution < 1.29 is 4.74 Å². The molecule has 0 aliphatic rings. The van der Waals surface area contributed by atoms with Gasteiger partial charge in [-0.1, -0.05) is 24.6 Å². The lowest BCUT2D eigenvalue weighted by Crippen LogP contribution is -1.93. The van der Waals surface area contributed by atoms with Crippen molar-refractivity contribution in [1.82, 2.24) is 0 Å². The van der Waals surface area contributed by atoms with Crippen molar-refractivity contribution in [2.75, 3.05) is 7.11 Å². The molecule has 0 amide bonds. The van der Waals surface area contributed by atoms with Crippen LogP contribution in [0.25, 0.3) is 0 Å². The fraction of sp³-hybridized carbons (Fsp3) is 0.429. The van der Waals surface area contributed by atoms with E-state index in [0.29, 0.717) is 0 Å². The molecule has 82 valence electrons. The maximum absolute atomic E-state index is 5.30. The van der Waals surface area contributed by atoms with Gasteiger partial charge in [0.1, 0.15) is 5.75 Å². The predicted molar refractivity (Wildman–Crippen MR) is 65.5 cm³/mol. The molecular weight excluding hydrogens is 184 g/mol. The lowest BCUT2D eigenvalue weighted by Gasteiger charge is -2.09. The molecule has 0 saturated heterocycles. The summed E-state index contributed by atoms with van der Waals surface area (Å²) in [6, 6.07) is 6.44. The Morgan fingerprint density at radius 3 is 2.67 bits per heavy atom. The van der Waals surface area contributed by atoms with Crippen LogP contribution < -0.4 is 4.74 Å². The van der Waals surface area contributed by atoms with E-state index in [-0.39, 0.29) is 0 Å². The van der Waals surface area contributed by atoms with Gasteiger partial charge in [-0.2, -0.15) is 0 Å². The number of rotatable bonds is 5. The van der Waals surface area contributed by atoms with Crippen LogP contribution in [0.2, 0.25) is 0 Å². The average molecular weight is 204 g/mol. The number of ether oxygens (including phenoxy) is 1. The van der Waals surface area contributed by atoms with Gasteiger partial charge in [-0.15, -0.1) is 6.58 Å². The average Bonchev–Trinajstić information content (AvgIpc) is 2.25. The van der Waals surface area contributed by atoms with Crippen LogP contribution in [0.1, 0.15) is 31.4 Å². The molecule has 1 aromatic rings. The molecule has 1 rings (SSSR count). The van der Waals surface area contributed by atoms with Crippen LogP contribution in [-0.4, -0.2) is 7.11 Å². The van der Waals surface area contributed by atoms with Gasteiger partial charge in [0.25, 0.3) is 0 Å². The normalized spacial score (nSPS) is 10.1. The molecular formula is C14H20O. The molecule has 0 aliphatic heterocycles. The number of benzene rings is 1. The summed E-state index contributed by atoms with van der Waals surface area (Å²) < 4.78 is 5.30. The lowest BCUT2D eigenvalue weighted by atomic mass is 10.0. The van der Waals surface area contributed by atoms with E-state index in [4.69, 9.17) is 4.74 Å². The van der Waals surface area contributed by atoms with Gasteiger partial charge < -0.3 is 4.74 Å². The molecule has 0 aliphatic carbocycles. The first kappa shape index (κ1) is 11.8. The second kappa shape index (κ2) is 5.59. The summed E-state index contributed by atoms with van der Waals surface area (Å²) in [6.07, 6.45) is 3.16. The van der Waals surface area contributed by atoms with E-state index in [9.17, 15) is 0 Å². The maximum Gasteiger partial charge on any atom is 0.122 e. The van der Waals surface area contributed by atoms with E-state index in [1.165, 1.54) is 16.7 Å².